The van der Waals surface area contributed by atoms with Gasteiger partial charge in [0.1, 0.15) is 40.3 Å². The lowest BCUT2D eigenvalue weighted by Gasteiger charge is -2.32. The van der Waals surface area contributed by atoms with E-state index >= 15 is 0 Å². The lowest BCUT2D eigenvalue weighted by atomic mass is 9.97. The van der Waals surface area contributed by atoms with Crippen LogP contribution in [0.4, 0.5) is 25.2 Å². The summed E-state index contributed by atoms with van der Waals surface area (Å²) < 4.78 is 45.3. The molecule has 4 fully saturated rings. The van der Waals surface area contributed by atoms with Gasteiger partial charge in [0.2, 0.25) is 0 Å². The van der Waals surface area contributed by atoms with Crippen molar-refractivity contribution in [1.82, 2.24) is 30.2 Å². The van der Waals surface area contributed by atoms with E-state index in [0.717, 1.165) is 115 Å². The fourth-order valence-electron chi connectivity index (χ4n) is 8.20. The quantitative estimate of drug-likeness (QED) is 0.108. The summed E-state index contributed by atoms with van der Waals surface area (Å²) in [6, 6.07) is 20.6. The number of amides is 1. The average Bonchev–Trinajstić information content (AvgIpc) is 4.25. The Morgan fingerprint density at radius 3 is 1.54 bits per heavy atom. The Labute approximate surface area is 379 Å². The van der Waals surface area contributed by atoms with E-state index in [-0.39, 0.29) is 23.6 Å². The van der Waals surface area contributed by atoms with Gasteiger partial charge in [-0.15, -0.1) is 0 Å². The lowest BCUT2D eigenvalue weighted by molar-refractivity contribution is 0.0199. The number of benzene rings is 2. The molecule has 0 spiro atoms. The van der Waals surface area contributed by atoms with Crippen LogP contribution in [-0.2, 0) is 4.74 Å². The summed E-state index contributed by atoms with van der Waals surface area (Å²) in [6.07, 6.45) is 11.9. The second kappa shape index (κ2) is 19.5. The van der Waals surface area contributed by atoms with Gasteiger partial charge >= 0.3 is 6.09 Å². The predicted molar refractivity (Wildman–Crippen MR) is 247 cm³/mol. The number of oxazole rings is 2. The summed E-state index contributed by atoms with van der Waals surface area (Å²) in [6.45, 7) is 10.6. The molecule has 12 nitrogen and oxygen atoms in total. The molecule has 0 bridgehead atoms. The van der Waals surface area contributed by atoms with Crippen molar-refractivity contribution in [2.24, 2.45) is 11.8 Å². The number of piperidine rings is 2. The van der Waals surface area contributed by atoms with Crippen LogP contribution in [0.2, 0.25) is 0 Å². The zero-order valence-corrected chi connectivity index (χ0v) is 37.4. The molecule has 2 aliphatic carbocycles. The van der Waals surface area contributed by atoms with Gasteiger partial charge in [0.25, 0.3) is 0 Å². The molecular formula is C51H58F2N8O4. The van der Waals surface area contributed by atoms with E-state index in [0.29, 0.717) is 36.4 Å². The largest absolute Gasteiger partial charge is 0.444 e. The third-order valence-electron chi connectivity index (χ3n) is 12.3. The van der Waals surface area contributed by atoms with E-state index in [9.17, 15) is 13.6 Å². The molecule has 65 heavy (non-hydrogen) atoms. The van der Waals surface area contributed by atoms with Gasteiger partial charge in [-0.3, -0.25) is 0 Å². The maximum absolute atomic E-state index is 13.6. The molecule has 2 aromatic carbocycles. The van der Waals surface area contributed by atoms with Gasteiger partial charge in [-0.05, 0) is 170 Å². The summed E-state index contributed by atoms with van der Waals surface area (Å²) in [5, 5.41) is 10.2. The number of carbonyl (C=O) groups is 1. The molecule has 340 valence electrons. The number of nitrogens with one attached hydrogen (secondary N) is 3. The molecule has 0 atom stereocenters. The van der Waals surface area contributed by atoms with Crippen molar-refractivity contribution in [3.8, 4) is 45.2 Å². The Morgan fingerprint density at radius 1 is 0.662 bits per heavy atom. The molecule has 6 aromatic rings. The number of hydrogen-bond donors (Lipinski definition) is 3. The number of likely N-dealkylation sites (tertiary alicyclic amines) is 1. The first kappa shape index (κ1) is 44.1. The number of pyridine rings is 2. The number of hydrogen-bond acceptors (Lipinski definition) is 11. The minimum atomic E-state index is -0.521. The Kier molecular flexibility index (Phi) is 13.2. The van der Waals surface area contributed by atoms with Crippen molar-refractivity contribution in [3.05, 3.63) is 109 Å². The molecular weight excluding hydrogens is 827 g/mol. The van der Waals surface area contributed by atoms with Crippen LogP contribution in [-0.4, -0.2) is 75.8 Å². The van der Waals surface area contributed by atoms with E-state index in [1.165, 1.54) is 49.9 Å². The van der Waals surface area contributed by atoms with Crippen molar-refractivity contribution in [3.63, 3.8) is 0 Å². The van der Waals surface area contributed by atoms with Gasteiger partial charge in [0, 0.05) is 72.7 Å². The number of ether oxygens (including phenoxy) is 1. The smallest absolute Gasteiger partial charge is 0.410 e. The molecule has 6 heterocycles. The lowest BCUT2D eigenvalue weighted by Crippen LogP contribution is -2.41. The van der Waals surface area contributed by atoms with Gasteiger partial charge in [-0.1, -0.05) is 0 Å². The van der Waals surface area contributed by atoms with Crippen LogP contribution in [0.15, 0.2) is 94.0 Å². The fourth-order valence-corrected chi connectivity index (χ4v) is 8.20. The Hall–Kier alpha value is -6.15. The Bertz CT molecular complexity index is 2530. The molecule has 4 aliphatic rings. The molecule has 1 amide bonds. The maximum Gasteiger partial charge on any atom is 0.410 e. The Morgan fingerprint density at radius 2 is 1.11 bits per heavy atom. The maximum atomic E-state index is 13.6. The summed E-state index contributed by atoms with van der Waals surface area (Å²) in [5.74, 6) is 5.74. The highest BCUT2D eigenvalue weighted by Gasteiger charge is 2.32. The highest BCUT2D eigenvalue weighted by atomic mass is 19.1. The first-order chi connectivity index (χ1) is 31.5. The predicted octanol–water partition coefficient (Wildman–Crippen LogP) is 11.3. The first-order valence-corrected chi connectivity index (χ1v) is 23.1. The van der Waals surface area contributed by atoms with Gasteiger partial charge < -0.3 is 34.4 Å². The number of rotatable bonds is 12. The number of anilines is 2. The zero-order valence-electron chi connectivity index (χ0n) is 37.4. The molecule has 0 unspecified atom stereocenters. The molecule has 10 rings (SSSR count). The first-order valence-electron chi connectivity index (χ1n) is 23.1. The number of nitrogens with zero attached hydrogens (tertiary/aromatic N) is 5. The monoisotopic (exact) mass is 884 g/mol. The van der Waals surface area contributed by atoms with Crippen molar-refractivity contribution in [1.29, 1.82) is 0 Å². The van der Waals surface area contributed by atoms with Crippen molar-refractivity contribution in [2.45, 2.75) is 89.6 Å². The second-order valence-electron chi connectivity index (χ2n) is 18.7. The molecule has 0 radical (unpaired) electrons. The van der Waals surface area contributed by atoms with Crippen LogP contribution in [0.3, 0.4) is 0 Å². The summed E-state index contributed by atoms with van der Waals surface area (Å²) >= 11 is 0. The molecule has 14 heteroatoms. The van der Waals surface area contributed by atoms with Crippen LogP contribution in [0.5, 0.6) is 0 Å². The van der Waals surface area contributed by atoms with Gasteiger partial charge in [0.15, 0.2) is 23.3 Å². The van der Waals surface area contributed by atoms with Crippen LogP contribution in [0.1, 0.15) is 95.8 Å². The summed E-state index contributed by atoms with van der Waals surface area (Å²) in [4.78, 5) is 32.9. The van der Waals surface area contributed by atoms with Crippen molar-refractivity contribution < 1.29 is 27.1 Å². The molecule has 3 N–H and O–H groups in total. The highest BCUT2D eigenvalue weighted by Crippen LogP contribution is 2.40. The van der Waals surface area contributed by atoms with E-state index in [4.69, 9.17) is 23.5 Å². The van der Waals surface area contributed by atoms with Gasteiger partial charge in [0.05, 0.1) is 0 Å². The van der Waals surface area contributed by atoms with Crippen molar-refractivity contribution in [2.75, 3.05) is 49.9 Å². The van der Waals surface area contributed by atoms with Crippen LogP contribution in [0, 0.1) is 23.5 Å². The Balaban J connectivity index is 0.000000168. The SMILES string of the molecule is CC(C)(C)OC(=O)N1CCC(c2nc(-c3ccc(F)cc3)c(-c3ccnc(NCC4CC4)c3)o2)CC1.Fc1ccc(-c2nc(C3CCNCC3)oc2-c2ccnc(NCC3CC3)c2)cc1. The highest BCUT2D eigenvalue weighted by molar-refractivity contribution is 5.79. The number of carbonyl (C=O) groups excluding carboxylic acids is 1. The van der Waals surface area contributed by atoms with Gasteiger partial charge in [-0.25, -0.2) is 33.5 Å². The minimum Gasteiger partial charge on any atom is -0.444 e. The second-order valence-corrected chi connectivity index (χ2v) is 18.7. The van der Waals surface area contributed by atoms with E-state index < -0.39 is 5.60 Å². The average molecular weight is 885 g/mol. The third kappa shape index (κ3) is 11.6. The standard InChI is InChI=1S/C28H33FN4O3.C23H25FN4O/c1-28(2,3)36-27(34)33-14-11-20(12-15-33)26-32-24(19-6-8-22(29)9-7-19)25(35-26)21-10-13-30-23(16-21)31-17-18-4-5-18;24-19-5-3-16(4-6-19)21-22(29-23(28-21)17-7-10-25-11-8-17)18-9-12-26-20(13-18)27-14-15-1-2-15/h6-10,13,16,18,20H,4-5,11-12,14-15,17H2,1-3H3,(H,30,31);3-6,9,12-13,15,17,25H,1-2,7-8,10-11,14H2,(H,26,27). The number of aromatic nitrogens is 4. The van der Waals surface area contributed by atoms with E-state index in [2.05, 4.69) is 25.9 Å². The fraction of sp³-hybridized carbons (Fsp3) is 0.431. The molecule has 2 aliphatic heterocycles. The molecule has 2 saturated carbocycles. The molecule has 4 aromatic heterocycles. The van der Waals surface area contributed by atoms with Crippen molar-refractivity contribution >= 4 is 17.7 Å². The summed E-state index contributed by atoms with van der Waals surface area (Å²) in [7, 11) is 0. The van der Waals surface area contributed by atoms with E-state index in [1.807, 2.05) is 45.0 Å². The van der Waals surface area contributed by atoms with Crippen LogP contribution in [0.25, 0.3) is 45.2 Å². The third-order valence-corrected chi connectivity index (χ3v) is 12.3. The van der Waals surface area contributed by atoms with Gasteiger partial charge in [-0.2, -0.15) is 0 Å². The van der Waals surface area contributed by atoms with E-state index in [1.54, 1.807) is 41.6 Å². The molecule has 2 saturated heterocycles. The minimum absolute atomic E-state index is 0.0749. The van der Waals surface area contributed by atoms with Crippen LogP contribution < -0.4 is 16.0 Å². The number of halogens is 2. The van der Waals surface area contributed by atoms with Crippen LogP contribution >= 0.6 is 0 Å². The zero-order chi connectivity index (χ0) is 44.9. The normalized spacial score (nSPS) is 17.0. The topological polar surface area (TPSA) is 143 Å². The summed E-state index contributed by atoms with van der Waals surface area (Å²) in [5.41, 5.74) is 4.37.